The molecule has 1 atom stereocenters. The van der Waals surface area contributed by atoms with Crippen LogP contribution < -0.4 is 0 Å². The molecule has 0 amide bonds. The molecule has 90 valence electrons. The molecule has 0 aromatic rings. The minimum atomic E-state index is -1.11. The fourth-order valence-corrected chi connectivity index (χ4v) is 2.16. The molecule has 0 heterocycles. The largest absolute Gasteiger partial charge is 0.393 e. The fraction of sp³-hybridized carbons (Fsp3) is 0.833. The number of methoxy groups -OCH3 is 1. The summed E-state index contributed by atoms with van der Waals surface area (Å²) in [6.07, 6.45) is 3.23. The minimum Gasteiger partial charge on any atom is -0.393 e. The van der Waals surface area contributed by atoms with Gasteiger partial charge in [0.1, 0.15) is 0 Å². The summed E-state index contributed by atoms with van der Waals surface area (Å²) in [5, 5.41) is 9.80. The van der Waals surface area contributed by atoms with Crippen LogP contribution in [0.3, 0.4) is 0 Å². The molecule has 0 spiro atoms. The van der Waals surface area contributed by atoms with Crippen LogP contribution in [0.1, 0.15) is 26.7 Å². The average Bonchev–Trinajstić information content (AvgIpc) is 2.00. The van der Waals surface area contributed by atoms with Gasteiger partial charge in [-0.1, -0.05) is 31.4 Å². The number of rotatable bonds is 6. The molecule has 1 N–H and O–H groups in total. The van der Waals surface area contributed by atoms with Gasteiger partial charge in [-0.3, -0.25) is 0 Å². The van der Waals surface area contributed by atoms with Crippen LogP contribution >= 0.6 is 0 Å². The molecule has 2 nitrogen and oxygen atoms in total. The molecule has 0 saturated heterocycles. The van der Waals surface area contributed by atoms with Crippen LogP contribution in [0, 0.1) is 0 Å². The standard InChI is InChI=1S/C12H26O2Si/c1-12(2,14-3)10-11(13)8-7-9-15(4,5)6/h7,9,11,13H,8,10H2,1-6H3/b9-7+. The van der Waals surface area contributed by atoms with E-state index in [1.807, 2.05) is 13.8 Å². The molecule has 0 aromatic carbocycles. The van der Waals surface area contributed by atoms with Gasteiger partial charge < -0.3 is 9.84 Å². The van der Waals surface area contributed by atoms with E-state index in [2.05, 4.69) is 31.4 Å². The highest BCUT2D eigenvalue weighted by Crippen LogP contribution is 2.17. The molecular formula is C12H26O2Si. The van der Waals surface area contributed by atoms with Gasteiger partial charge in [0, 0.05) is 13.5 Å². The number of ether oxygens (including phenoxy) is 1. The van der Waals surface area contributed by atoms with Gasteiger partial charge in [0.05, 0.1) is 19.8 Å². The summed E-state index contributed by atoms with van der Waals surface area (Å²) in [7, 11) is 0.571. The topological polar surface area (TPSA) is 29.5 Å². The van der Waals surface area contributed by atoms with Crippen molar-refractivity contribution in [3.63, 3.8) is 0 Å². The number of hydrogen-bond donors (Lipinski definition) is 1. The summed E-state index contributed by atoms with van der Waals surface area (Å²) in [6, 6.07) is 0. The molecule has 0 fully saturated rings. The lowest BCUT2D eigenvalue weighted by atomic mass is 9.99. The van der Waals surface area contributed by atoms with Crippen LogP contribution in [0.15, 0.2) is 11.8 Å². The van der Waals surface area contributed by atoms with E-state index in [9.17, 15) is 5.11 Å². The van der Waals surface area contributed by atoms with Crippen LogP contribution in [0.4, 0.5) is 0 Å². The predicted molar refractivity (Wildman–Crippen MR) is 68.8 cm³/mol. The molecule has 0 saturated carbocycles. The number of hydrogen-bond acceptors (Lipinski definition) is 2. The van der Waals surface area contributed by atoms with Gasteiger partial charge in [0.15, 0.2) is 0 Å². The van der Waals surface area contributed by atoms with Crippen molar-refractivity contribution >= 4 is 8.07 Å². The molecule has 0 rings (SSSR count). The SMILES string of the molecule is COC(C)(C)CC(O)C/C=C/[Si](C)(C)C. The van der Waals surface area contributed by atoms with Crippen molar-refractivity contribution < 1.29 is 9.84 Å². The molecule has 0 bridgehead atoms. The predicted octanol–water partition coefficient (Wildman–Crippen LogP) is 2.99. The van der Waals surface area contributed by atoms with Gasteiger partial charge in [0.2, 0.25) is 0 Å². The van der Waals surface area contributed by atoms with Gasteiger partial charge in [0.25, 0.3) is 0 Å². The third-order valence-electron chi connectivity index (χ3n) is 2.31. The van der Waals surface area contributed by atoms with Gasteiger partial charge in [-0.2, -0.15) is 0 Å². The highest BCUT2D eigenvalue weighted by atomic mass is 28.3. The van der Waals surface area contributed by atoms with E-state index in [1.165, 1.54) is 0 Å². The quantitative estimate of drug-likeness (QED) is 0.711. The highest BCUT2D eigenvalue weighted by molar-refractivity contribution is 6.80. The maximum atomic E-state index is 9.80. The van der Waals surface area contributed by atoms with Crippen LogP contribution in [0.5, 0.6) is 0 Å². The van der Waals surface area contributed by atoms with Crippen molar-refractivity contribution in [1.82, 2.24) is 0 Å². The first-order valence-electron chi connectivity index (χ1n) is 5.57. The molecule has 0 radical (unpaired) electrons. The van der Waals surface area contributed by atoms with Crippen molar-refractivity contribution in [3.8, 4) is 0 Å². The lowest BCUT2D eigenvalue weighted by molar-refractivity contribution is -0.0185. The first-order valence-corrected chi connectivity index (χ1v) is 9.15. The highest BCUT2D eigenvalue weighted by Gasteiger charge is 2.20. The van der Waals surface area contributed by atoms with Crippen molar-refractivity contribution in [2.75, 3.05) is 7.11 Å². The first-order chi connectivity index (χ1) is 6.66. The van der Waals surface area contributed by atoms with E-state index in [4.69, 9.17) is 4.74 Å². The van der Waals surface area contributed by atoms with Crippen LogP contribution in [-0.2, 0) is 4.74 Å². The first kappa shape index (κ1) is 14.9. The van der Waals surface area contributed by atoms with Gasteiger partial charge in [-0.25, -0.2) is 0 Å². The van der Waals surface area contributed by atoms with Crippen LogP contribution in [-0.4, -0.2) is 32.0 Å². The Morgan fingerprint density at radius 3 is 2.27 bits per heavy atom. The Hall–Kier alpha value is -0.123. The molecular weight excluding hydrogens is 204 g/mol. The second-order valence-corrected chi connectivity index (χ2v) is 10.9. The average molecular weight is 230 g/mol. The Morgan fingerprint density at radius 2 is 1.87 bits per heavy atom. The van der Waals surface area contributed by atoms with Crippen LogP contribution in [0.2, 0.25) is 19.6 Å². The monoisotopic (exact) mass is 230 g/mol. The second-order valence-electron chi connectivity index (χ2n) is 5.83. The van der Waals surface area contributed by atoms with E-state index in [0.29, 0.717) is 6.42 Å². The summed E-state index contributed by atoms with van der Waals surface area (Å²) in [5.41, 5.74) is 2.04. The zero-order chi connectivity index (χ0) is 12.1. The van der Waals surface area contributed by atoms with E-state index in [1.54, 1.807) is 7.11 Å². The molecule has 3 heteroatoms. The van der Waals surface area contributed by atoms with Crippen molar-refractivity contribution in [1.29, 1.82) is 0 Å². The van der Waals surface area contributed by atoms with Crippen molar-refractivity contribution in [2.24, 2.45) is 0 Å². The summed E-state index contributed by atoms with van der Waals surface area (Å²) in [5.74, 6) is 0. The fourth-order valence-electron chi connectivity index (χ4n) is 1.31. The molecule has 0 aliphatic heterocycles. The molecule has 0 aromatic heterocycles. The maximum absolute atomic E-state index is 9.80. The Bertz CT molecular complexity index is 204. The number of aliphatic hydroxyl groups is 1. The summed E-state index contributed by atoms with van der Waals surface area (Å²) in [6.45, 7) is 10.9. The summed E-state index contributed by atoms with van der Waals surface area (Å²) in [4.78, 5) is 0. The van der Waals surface area contributed by atoms with E-state index in [0.717, 1.165) is 6.42 Å². The van der Waals surface area contributed by atoms with Crippen LogP contribution in [0.25, 0.3) is 0 Å². The Kier molecular flexibility index (Phi) is 5.78. The van der Waals surface area contributed by atoms with E-state index < -0.39 is 8.07 Å². The van der Waals surface area contributed by atoms with Crippen molar-refractivity contribution in [2.45, 2.75) is 58.0 Å². The zero-order valence-corrected chi connectivity index (χ0v) is 12.0. The zero-order valence-electron chi connectivity index (χ0n) is 11.0. The van der Waals surface area contributed by atoms with E-state index in [-0.39, 0.29) is 11.7 Å². The van der Waals surface area contributed by atoms with Gasteiger partial charge in [-0.15, -0.1) is 0 Å². The Balaban J connectivity index is 3.96. The van der Waals surface area contributed by atoms with E-state index >= 15 is 0 Å². The third-order valence-corrected chi connectivity index (χ3v) is 3.54. The smallest absolute Gasteiger partial charge is 0.0682 e. The normalized spacial score (nSPS) is 15.9. The molecule has 15 heavy (non-hydrogen) atoms. The molecule has 0 aliphatic carbocycles. The second kappa shape index (κ2) is 5.82. The molecule has 1 unspecified atom stereocenters. The Labute approximate surface area is 95.4 Å². The summed E-state index contributed by atoms with van der Waals surface area (Å²) >= 11 is 0. The molecule has 0 aliphatic rings. The minimum absolute atomic E-state index is 0.230. The summed E-state index contributed by atoms with van der Waals surface area (Å²) < 4.78 is 5.28. The third kappa shape index (κ3) is 8.84. The van der Waals surface area contributed by atoms with Crippen molar-refractivity contribution in [3.05, 3.63) is 11.8 Å². The lowest BCUT2D eigenvalue weighted by Crippen LogP contribution is -2.28. The van der Waals surface area contributed by atoms with Gasteiger partial charge >= 0.3 is 0 Å². The lowest BCUT2D eigenvalue weighted by Gasteiger charge is -2.25. The Morgan fingerprint density at radius 1 is 1.33 bits per heavy atom. The van der Waals surface area contributed by atoms with Gasteiger partial charge in [-0.05, 0) is 20.3 Å². The maximum Gasteiger partial charge on any atom is 0.0682 e. The number of aliphatic hydroxyl groups excluding tert-OH is 1.